The molecule has 1 aromatic carbocycles. The summed E-state index contributed by atoms with van der Waals surface area (Å²) in [6.45, 7) is 4.42. The largest absolute Gasteiger partial charge is 0.352 e. The number of carbonyl (C=O) groups is 1. The van der Waals surface area contributed by atoms with Crippen molar-refractivity contribution >= 4 is 5.91 Å². The van der Waals surface area contributed by atoms with Crippen LogP contribution in [0.15, 0.2) is 30.3 Å². The predicted octanol–water partition coefficient (Wildman–Crippen LogP) is 3.31. The SMILES string of the molecule is CCC1CCC(NC(=O)C(C#N)Cc2ccccc2)C1C. The maximum absolute atomic E-state index is 12.3. The summed E-state index contributed by atoms with van der Waals surface area (Å²) < 4.78 is 0. The first-order chi connectivity index (χ1) is 10.2. The number of nitrogens with zero attached hydrogens (tertiary/aromatic N) is 1. The predicted molar refractivity (Wildman–Crippen MR) is 83.4 cm³/mol. The molecule has 0 heterocycles. The second kappa shape index (κ2) is 7.26. The summed E-state index contributed by atoms with van der Waals surface area (Å²) >= 11 is 0. The highest BCUT2D eigenvalue weighted by molar-refractivity contribution is 5.81. The van der Waals surface area contributed by atoms with E-state index >= 15 is 0 Å². The third kappa shape index (κ3) is 3.85. The van der Waals surface area contributed by atoms with E-state index in [1.807, 2.05) is 30.3 Å². The Labute approximate surface area is 127 Å². The number of hydrogen-bond acceptors (Lipinski definition) is 2. The monoisotopic (exact) mass is 284 g/mol. The van der Waals surface area contributed by atoms with Crippen LogP contribution in [-0.2, 0) is 11.2 Å². The highest BCUT2D eigenvalue weighted by atomic mass is 16.1. The lowest BCUT2D eigenvalue weighted by molar-refractivity contribution is -0.124. The van der Waals surface area contributed by atoms with Gasteiger partial charge >= 0.3 is 0 Å². The highest BCUT2D eigenvalue weighted by Crippen LogP contribution is 2.34. The van der Waals surface area contributed by atoms with E-state index < -0.39 is 5.92 Å². The molecule has 4 unspecified atom stereocenters. The van der Waals surface area contributed by atoms with Crippen LogP contribution in [0.1, 0.15) is 38.7 Å². The molecule has 1 aliphatic rings. The first-order valence-electron chi connectivity index (χ1n) is 7.89. The summed E-state index contributed by atoms with van der Waals surface area (Å²) in [5.74, 6) is 0.496. The molecule has 3 nitrogen and oxygen atoms in total. The van der Waals surface area contributed by atoms with Gasteiger partial charge in [0.05, 0.1) is 6.07 Å². The minimum atomic E-state index is -0.597. The van der Waals surface area contributed by atoms with E-state index in [0.717, 1.165) is 12.0 Å². The molecule has 1 aliphatic carbocycles. The lowest BCUT2D eigenvalue weighted by atomic mass is 9.93. The molecule has 0 spiro atoms. The van der Waals surface area contributed by atoms with Crippen molar-refractivity contribution < 1.29 is 4.79 Å². The number of amides is 1. The molecule has 3 heteroatoms. The zero-order valence-corrected chi connectivity index (χ0v) is 12.9. The van der Waals surface area contributed by atoms with Gasteiger partial charge < -0.3 is 5.32 Å². The van der Waals surface area contributed by atoms with Crippen LogP contribution in [0.3, 0.4) is 0 Å². The first kappa shape index (κ1) is 15.6. The van der Waals surface area contributed by atoms with Crippen LogP contribution in [0.5, 0.6) is 0 Å². The molecule has 112 valence electrons. The van der Waals surface area contributed by atoms with E-state index in [2.05, 4.69) is 25.2 Å². The Kier molecular flexibility index (Phi) is 5.38. The van der Waals surface area contributed by atoms with Crippen molar-refractivity contribution in [2.45, 2.75) is 45.6 Å². The number of nitrogens with one attached hydrogen (secondary N) is 1. The molecule has 0 saturated heterocycles. The maximum Gasteiger partial charge on any atom is 0.237 e. The van der Waals surface area contributed by atoms with Crippen molar-refractivity contribution in [3.8, 4) is 6.07 Å². The van der Waals surface area contributed by atoms with Gasteiger partial charge in [-0.15, -0.1) is 0 Å². The second-order valence-corrected chi connectivity index (χ2v) is 6.09. The van der Waals surface area contributed by atoms with Crippen LogP contribution in [0, 0.1) is 29.1 Å². The van der Waals surface area contributed by atoms with Crippen molar-refractivity contribution in [3.05, 3.63) is 35.9 Å². The molecule has 1 saturated carbocycles. The summed E-state index contributed by atoms with van der Waals surface area (Å²) in [4.78, 5) is 12.3. The van der Waals surface area contributed by atoms with Gasteiger partial charge in [-0.25, -0.2) is 0 Å². The minimum absolute atomic E-state index is 0.116. The second-order valence-electron chi connectivity index (χ2n) is 6.09. The Balaban J connectivity index is 1.94. The molecule has 1 amide bonds. The maximum atomic E-state index is 12.3. The fourth-order valence-corrected chi connectivity index (χ4v) is 3.36. The van der Waals surface area contributed by atoms with Crippen LogP contribution in [-0.4, -0.2) is 11.9 Å². The van der Waals surface area contributed by atoms with Gasteiger partial charge in [-0.3, -0.25) is 4.79 Å². The van der Waals surface area contributed by atoms with E-state index in [9.17, 15) is 10.1 Å². The first-order valence-corrected chi connectivity index (χ1v) is 7.89. The number of hydrogen-bond donors (Lipinski definition) is 1. The summed E-state index contributed by atoms with van der Waals surface area (Å²) in [6.07, 6.45) is 3.87. The molecule has 0 aliphatic heterocycles. The highest BCUT2D eigenvalue weighted by Gasteiger charge is 2.33. The fraction of sp³-hybridized carbons (Fsp3) is 0.556. The quantitative estimate of drug-likeness (QED) is 0.902. The third-order valence-corrected chi connectivity index (χ3v) is 4.83. The normalized spacial score (nSPS) is 26.0. The average Bonchev–Trinajstić information content (AvgIpc) is 2.86. The summed E-state index contributed by atoms with van der Waals surface area (Å²) in [5.41, 5.74) is 1.03. The van der Waals surface area contributed by atoms with Crippen LogP contribution in [0.4, 0.5) is 0 Å². The van der Waals surface area contributed by atoms with Crippen LogP contribution < -0.4 is 5.32 Å². The molecule has 21 heavy (non-hydrogen) atoms. The van der Waals surface area contributed by atoms with Crippen molar-refractivity contribution in [2.24, 2.45) is 17.8 Å². The van der Waals surface area contributed by atoms with Gasteiger partial charge in [-0.05, 0) is 36.7 Å². The van der Waals surface area contributed by atoms with Crippen LogP contribution in [0.25, 0.3) is 0 Å². The summed E-state index contributed by atoms with van der Waals surface area (Å²) in [7, 11) is 0. The van der Waals surface area contributed by atoms with E-state index in [-0.39, 0.29) is 11.9 Å². The van der Waals surface area contributed by atoms with E-state index in [1.54, 1.807) is 0 Å². The van der Waals surface area contributed by atoms with E-state index in [0.29, 0.717) is 18.3 Å². The fourth-order valence-electron chi connectivity index (χ4n) is 3.36. The average molecular weight is 284 g/mol. The van der Waals surface area contributed by atoms with Gasteiger partial charge in [0.2, 0.25) is 5.91 Å². The Morgan fingerprint density at radius 3 is 2.67 bits per heavy atom. The van der Waals surface area contributed by atoms with Gasteiger partial charge in [0.1, 0.15) is 5.92 Å². The zero-order valence-electron chi connectivity index (χ0n) is 12.9. The molecule has 0 bridgehead atoms. The number of rotatable bonds is 5. The number of benzene rings is 1. The van der Waals surface area contributed by atoms with Gasteiger partial charge in [-0.2, -0.15) is 5.26 Å². The summed E-state index contributed by atoms with van der Waals surface area (Å²) in [6, 6.07) is 12.1. The van der Waals surface area contributed by atoms with Crippen molar-refractivity contribution in [1.82, 2.24) is 5.32 Å². The topological polar surface area (TPSA) is 52.9 Å². The number of nitriles is 1. The lowest BCUT2D eigenvalue weighted by Gasteiger charge is -2.22. The zero-order chi connectivity index (χ0) is 15.2. The van der Waals surface area contributed by atoms with Crippen molar-refractivity contribution in [1.29, 1.82) is 5.26 Å². The Hall–Kier alpha value is -1.82. The minimum Gasteiger partial charge on any atom is -0.352 e. The van der Waals surface area contributed by atoms with E-state index in [1.165, 1.54) is 12.8 Å². The van der Waals surface area contributed by atoms with E-state index in [4.69, 9.17) is 0 Å². The Bertz CT molecular complexity index is 506. The molecule has 1 aromatic rings. The molecule has 1 fully saturated rings. The van der Waals surface area contributed by atoms with Crippen molar-refractivity contribution in [3.63, 3.8) is 0 Å². The molecular weight excluding hydrogens is 260 g/mol. The smallest absolute Gasteiger partial charge is 0.237 e. The van der Waals surface area contributed by atoms with Gasteiger partial charge in [0.15, 0.2) is 0 Å². The van der Waals surface area contributed by atoms with Crippen molar-refractivity contribution in [2.75, 3.05) is 0 Å². The molecule has 2 rings (SSSR count). The standard InChI is InChI=1S/C18H24N2O/c1-3-15-9-10-17(13(15)2)20-18(21)16(12-19)11-14-7-5-4-6-8-14/h4-8,13,15-17H,3,9-11H2,1-2H3,(H,20,21). The molecule has 1 N–H and O–H groups in total. The van der Waals surface area contributed by atoms with Crippen LogP contribution in [0.2, 0.25) is 0 Å². The third-order valence-electron chi connectivity index (χ3n) is 4.83. The summed E-state index contributed by atoms with van der Waals surface area (Å²) in [5, 5.41) is 12.4. The Morgan fingerprint density at radius 2 is 2.10 bits per heavy atom. The molecule has 4 atom stereocenters. The van der Waals surface area contributed by atoms with Gasteiger partial charge in [-0.1, -0.05) is 50.6 Å². The molecule has 0 aromatic heterocycles. The number of carbonyl (C=O) groups excluding carboxylic acids is 1. The lowest BCUT2D eigenvalue weighted by Crippen LogP contribution is -2.41. The molecule has 0 radical (unpaired) electrons. The Morgan fingerprint density at radius 1 is 1.38 bits per heavy atom. The van der Waals surface area contributed by atoms with Gasteiger partial charge in [0, 0.05) is 6.04 Å². The van der Waals surface area contributed by atoms with Gasteiger partial charge in [0.25, 0.3) is 0 Å². The molecular formula is C18H24N2O. The van der Waals surface area contributed by atoms with Crippen LogP contribution >= 0.6 is 0 Å².